The first-order valence-electron chi connectivity index (χ1n) is 7.06. The van der Waals surface area contributed by atoms with Crippen molar-refractivity contribution >= 4 is 21.4 Å². The first-order chi connectivity index (χ1) is 9.68. The minimum atomic E-state index is -3.77. The number of nitrogens with two attached hydrogens (primary N) is 2. The van der Waals surface area contributed by atoms with Gasteiger partial charge < -0.3 is 16.0 Å². The fraction of sp³-hybridized carbons (Fsp3) is 0.571. The van der Waals surface area contributed by atoms with Crippen molar-refractivity contribution in [1.29, 1.82) is 0 Å². The fourth-order valence-corrected chi connectivity index (χ4v) is 3.76. The van der Waals surface area contributed by atoms with Crippen LogP contribution in [0.25, 0.3) is 0 Å². The molecule has 1 aromatic rings. The van der Waals surface area contributed by atoms with Crippen molar-refractivity contribution in [3.8, 4) is 0 Å². The number of anilines is 2. The maximum Gasteiger partial charge on any atom is 0.238 e. The Hall–Kier alpha value is -1.31. The summed E-state index contributed by atoms with van der Waals surface area (Å²) in [5.41, 5.74) is 7.59. The summed E-state index contributed by atoms with van der Waals surface area (Å²) < 4.78 is 23.3. The third-order valence-electron chi connectivity index (χ3n) is 4.14. The number of piperidine rings is 1. The number of primary sulfonamides is 1. The number of sulfonamides is 1. The van der Waals surface area contributed by atoms with Crippen LogP contribution < -0.4 is 16.2 Å². The molecule has 6 nitrogen and oxygen atoms in total. The van der Waals surface area contributed by atoms with Crippen LogP contribution in [0.1, 0.15) is 18.9 Å². The molecule has 118 valence electrons. The summed E-state index contributed by atoms with van der Waals surface area (Å²) in [6, 6.07) is 3.48. The predicted octanol–water partition coefficient (Wildman–Crippen LogP) is 0.977. The monoisotopic (exact) mass is 312 g/mol. The second kappa shape index (κ2) is 5.82. The molecule has 0 aromatic heterocycles. The molecule has 21 heavy (non-hydrogen) atoms. The van der Waals surface area contributed by atoms with E-state index in [4.69, 9.17) is 10.9 Å². The molecule has 1 aliphatic heterocycles. The Labute approximate surface area is 126 Å². The standard InChI is InChI=1S/C14H24N4O2S/c1-9-8-18(3)5-4-12(9)17-13-6-11(15)7-14(10(13)2)21(16,19)20/h6-7,9,12,17H,4-5,8,15H2,1-3H3,(H2,16,19,20). The summed E-state index contributed by atoms with van der Waals surface area (Å²) in [5.74, 6) is 0.475. The summed E-state index contributed by atoms with van der Waals surface area (Å²) in [6.07, 6.45) is 1.01. The lowest BCUT2D eigenvalue weighted by atomic mass is 9.93. The number of benzene rings is 1. The summed E-state index contributed by atoms with van der Waals surface area (Å²) in [7, 11) is -1.66. The van der Waals surface area contributed by atoms with Gasteiger partial charge in [-0.25, -0.2) is 13.6 Å². The second-order valence-electron chi connectivity index (χ2n) is 6.02. The average molecular weight is 312 g/mol. The van der Waals surface area contributed by atoms with Crippen molar-refractivity contribution in [2.45, 2.75) is 31.2 Å². The number of hydrogen-bond donors (Lipinski definition) is 3. The van der Waals surface area contributed by atoms with E-state index in [-0.39, 0.29) is 4.90 Å². The van der Waals surface area contributed by atoms with Crippen LogP contribution in [-0.4, -0.2) is 39.5 Å². The molecular weight excluding hydrogens is 288 g/mol. The molecule has 7 heteroatoms. The van der Waals surface area contributed by atoms with Crippen LogP contribution in [0.4, 0.5) is 11.4 Å². The van der Waals surface area contributed by atoms with Crippen LogP contribution in [0.5, 0.6) is 0 Å². The molecule has 1 heterocycles. The van der Waals surface area contributed by atoms with Crippen molar-refractivity contribution in [3.63, 3.8) is 0 Å². The molecular formula is C14H24N4O2S. The zero-order valence-electron chi connectivity index (χ0n) is 12.8. The molecule has 1 fully saturated rings. The maximum atomic E-state index is 11.6. The highest BCUT2D eigenvalue weighted by atomic mass is 32.2. The Kier molecular flexibility index (Phi) is 4.46. The topological polar surface area (TPSA) is 101 Å². The first kappa shape index (κ1) is 16.1. The number of nitrogen functional groups attached to an aromatic ring is 1. The van der Waals surface area contributed by atoms with Crippen molar-refractivity contribution in [1.82, 2.24) is 4.90 Å². The average Bonchev–Trinajstić information content (AvgIpc) is 2.35. The zero-order chi connectivity index (χ0) is 15.8. The van der Waals surface area contributed by atoms with Gasteiger partial charge in [-0.3, -0.25) is 0 Å². The summed E-state index contributed by atoms with van der Waals surface area (Å²) in [4.78, 5) is 2.38. The SMILES string of the molecule is Cc1c(NC2CCN(C)CC2C)cc(N)cc1S(N)(=O)=O. The lowest BCUT2D eigenvalue weighted by Gasteiger charge is -2.36. The van der Waals surface area contributed by atoms with Crippen LogP contribution in [0.2, 0.25) is 0 Å². The van der Waals surface area contributed by atoms with Gasteiger partial charge in [0.15, 0.2) is 0 Å². The molecule has 1 aromatic carbocycles. The molecule has 0 bridgehead atoms. The normalized spacial score (nSPS) is 24.0. The van der Waals surface area contributed by atoms with Gasteiger partial charge in [0.2, 0.25) is 10.0 Å². The van der Waals surface area contributed by atoms with Gasteiger partial charge in [-0.2, -0.15) is 0 Å². The molecule has 2 unspecified atom stereocenters. The summed E-state index contributed by atoms with van der Waals surface area (Å²) in [5, 5.41) is 8.70. The van der Waals surface area contributed by atoms with Gasteiger partial charge in [0.1, 0.15) is 0 Å². The molecule has 2 rings (SSSR count). The maximum absolute atomic E-state index is 11.6. The smallest absolute Gasteiger partial charge is 0.238 e. The van der Waals surface area contributed by atoms with Gasteiger partial charge in [0, 0.05) is 24.0 Å². The first-order valence-corrected chi connectivity index (χ1v) is 8.61. The highest BCUT2D eigenvalue weighted by Gasteiger charge is 2.25. The Morgan fingerprint density at radius 1 is 1.38 bits per heavy atom. The van der Waals surface area contributed by atoms with E-state index in [1.165, 1.54) is 6.07 Å². The largest absolute Gasteiger partial charge is 0.399 e. The zero-order valence-corrected chi connectivity index (χ0v) is 13.6. The quantitative estimate of drug-likeness (QED) is 0.722. The lowest BCUT2D eigenvalue weighted by molar-refractivity contribution is 0.206. The third-order valence-corrected chi connectivity index (χ3v) is 5.18. The number of hydrogen-bond acceptors (Lipinski definition) is 5. The molecule has 5 N–H and O–H groups in total. The number of likely N-dealkylation sites (tertiary alicyclic amines) is 1. The highest BCUT2D eigenvalue weighted by Crippen LogP contribution is 2.29. The van der Waals surface area contributed by atoms with Crippen LogP contribution in [0.15, 0.2) is 17.0 Å². The Balaban J connectivity index is 2.31. The minimum Gasteiger partial charge on any atom is -0.399 e. The van der Waals surface area contributed by atoms with Crippen LogP contribution >= 0.6 is 0 Å². The summed E-state index contributed by atoms with van der Waals surface area (Å²) >= 11 is 0. The lowest BCUT2D eigenvalue weighted by Crippen LogP contribution is -2.43. The van der Waals surface area contributed by atoms with E-state index in [1.807, 2.05) is 0 Å². The van der Waals surface area contributed by atoms with Gasteiger partial charge in [-0.1, -0.05) is 6.92 Å². The van der Waals surface area contributed by atoms with E-state index < -0.39 is 10.0 Å². The molecule has 0 radical (unpaired) electrons. The second-order valence-corrected chi connectivity index (χ2v) is 7.55. The van der Waals surface area contributed by atoms with Crippen molar-refractivity contribution in [2.24, 2.45) is 11.1 Å². The summed E-state index contributed by atoms with van der Waals surface area (Å²) in [6.45, 7) is 5.98. The van der Waals surface area contributed by atoms with Crippen molar-refractivity contribution in [2.75, 3.05) is 31.2 Å². The molecule has 0 saturated carbocycles. The number of nitrogens with zero attached hydrogens (tertiary/aromatic N) is 1. The minimum absolute atomic E-state index is 0.0885. The van der Waals surface area contributed by atoms with Gasteiger partial charge in [-0.05, 0) is 50.6 Å². The fourth-order valence-electron chi connectivity index (χ4n) is 2.92. The predicted molar refractivity (Wildman–Crippen MR) is 85.7 cm³/mol. The van der Waals surface area contributed by atoms with Crippen LogP contribution in [-0.2, 0) is 10.0 Å². The van der Waals surface area contributed by atoms with Gasteiger partial charge in [0.05, 0.1) is 4.90 Å². The van der Waals surface area contributed by atoms with Gasteiger partial charge >= 0.3 is 0 Å². The van der Waals surface area contributed by atoms with Gasteiger partial charge in [-0.15, -0.1) is 0 Å². The van der Waals surface area contributed by atoms with Crippen molar-refractivity contribution < 1.29 is 8.42 Å². The van der Waals surface area contributed by atoms with Crippen LogP contribution in [0, 0.1) is 12.8 Å². The van der Waals surface area contributed by atoms with E-state index in [0.29, 0.717) is 23.2 Å². The van der Waals surface area contributed by atoms with E-state index in [1.54, 1.807) is 13.0 Å². The molecule has 2 atom stereocenters. The highest BCUT2D eigenvalue weighted by molar-refractivity contribution is 7.89. The third kappa shape index (κ3) is 3.66. The number of rotatable bonds is 3. The molecule has 1 aliphatic rings. The van der Waals surface area contributed by atoms with Crippen LogP contribution in [0.3, 0.4) is 0 Å². The van der Waals surface area contributed by atoms with E-state index in [0.717, 1.165) is 25.2 Å². The molecule has 1 saturated heterocycles. The van der Waals surface area contributed by atoms with E-state index in [9.17, 15) is 8.42 Å². The van der Waals surface area contributed by atoms with Gasteiger partial charge in [0.25, 0.3) is 0 Å². The van der Waals surface area contributed by atoms with Crippen molar-refractivity contribution in [3.05, 3.63) is 17.7 Å². The molecule has 0 amide bonds. The van der Waals surface area contributed by atoms with E-state index in [2.05, 4.69) is 24.2 Å². The Bertz CT molecular complexity index is 630. The molecule has 0 spiro atoms. The number of nitrogens with one attached hydrogen (secondary N) is 1. The molecule has 0 aliphatic carbocycles. The Morgan fingerprint density at radius 2 is 2.05 bits per heavy atom. The Morgan fingerprint density at radius 3 is 2.62 bits per heavy atom. The van der Waals surface area contributed by atoms with E-state index >= 15 is 0 Å².